The van der Waals surface area contributed by atoms with Crippen LogP contribution in [0.15, 0.2) is 36.4 Å². The van der Waals surface area contributed by atoms with E-state index in [1.165, 1.54) is 24.3 Å². The summed E-state index contributed by atoms with van der Waals surface area (Å²) in [7, 11) is 0. The van der Waals surface area contributed by atoms with Crippen LogP contribution in [0.25, 0.3) is 10.8 Å². The van der Waals surface area contributed by atoms with Crippen molar-refractivity contribution in [1.29, 1.82) is 0 Å². The second-order valence-corrected chi connectivity index (χ2v) is 2.61. The van der Waals surface area contributed by atoms with E-state index in [4.69, 9.17) is 0 Å². The Labute approximate surface area is 68.4 Å². The van der Waals surface area contributed by atoms with Crippen molar-refractivity contribution in [3.63, 3.8) is 0 Å². The van der Waals surface area contributed by atoms with Crippen LogP contribution >= 0.6 is 0 Å². The Morgan fingerprint density at radius 3 is 2.58 bits per heavy atom. The predicted octanol–water partition coefficient (Wildman–Crippen LogP) is 3.12. The summed E-state index contributed by atoms with van der Waals surface area (Å²) in [4.78, 5) is 0. The fourth-order valence-electron chi connectivity index (χ4n) is 1.22. The fraction of sp³-hybridized carbons (Fsp3) is 0. The van der Waals surface area contributed by atoms with Crippen molar-refractivity contribution in [2.75, 3.05) is 0 Å². The Morgan fingerprint density at radius 2 is 1.75 bits per heavy atom. The molecule has 2 aromatic rings. The summed E-state index contributed by atoms with van der Waals surface area (Å²) >= 11 is 0. The first kappa shape index (κ1) is 7.22. The Bertz CT molecular complexity index is 421. The lowest BCUT2D eigenvalue weighted by Gasteiger charge is -1.97. The Morgan fingerprint density at radius 1 is 0.917 bits per heavy atom. The van der Waals surface area contributed by atoms with Gasteiger partial charge in [0.2, 0.25) is 0 Å². The van der Waals surface area contributed by atoms with Gasteiger partial charge in [-0.05, 0) is 29.7 Å². The van der Waals surface area contributed by atoms with Gasteiger partial charge in [0.05, 0.1) is 0 Å². The van der Waals surface area contributed by atoms with E-state index in [1.54, 1.807) is 12.1 Å². The minimum absolute atomic E-state index is 0.312. The third-order valence-corrected chi connectivity index (χ3v) is 1.79. The molecule has 12 heavy (non-hydrogen) atoms. The van der Waals surface area contributed by atoms with Crippen LogP contribution in [0.3, 0.4) is 0 Å². The topological polar surface area (TPSA) is 0 Å². The largest absolute Gasteiger partial charge is 0.207 e. The number of hydrogen-bond acceptors (Lipinski definition) is 0. The molecule has 0 saturated carbocycles. The quantitative estimate of drug-likeness (QED) is 0.561. The first-order valence-corrected chi connectivity index (χ1v) is 3.61. The van der Waals surface area contributed by atoms with Gasteiger partial charge in [-0.25, -0.2) is 8.78 Å². The highest BCUT2D eigenvalue weighted by atomic mass is 19.1. The zero-order chi connectivity index (χ0) is 8.55. The van der Waals surface area contributed by atoms with Crippen molar-refractivity contribution in [3.05, 3.63) is 48.0 Å². The maximum absolute atomic E-state index is 13.0. The van der Waals surface area contributed by atoms with Gasteiger partial charge >= 0.3 is 0 Å². The summed E-state index contributed by atoms with van der Waals surface area (Å²) in [6.45, 7) is 0. The Hall–Kier alpha value is -1.44. The van der Waals surface area contributed by atoms with E-state index in [1.807, 2.05) is 0 Å². The van der Waals surface area contributed by atoms with Gasteiger partial charge < -0.3 is 0 Å². The molecule has 0 aliphatic carbocycles. The minimum atomic E-state index is -0.340. The number of fused-ring (bicyclic) bond motifs is 1. The zero-order valence-electron chi connectivity index (χ0n) is 6.22. The second-order valence-electron chi connectivity index (χ2n) is 2.61. The molecule has 0 atom stereocenters. The standard InChI is InChI=1S/C10H6F2/c11-8-4-5-9-7(6-8)2-1-3-10(9)12/h1-6H. The van der Waals surface area contributed by atoms with Crippen LogP contribution in [0.4, 0.5) is 8.78 Å². The molecule has 0 heterocycles. The molecule has 0 aliphatic rings. The Balaban J connectivity index is 2.86. The maximum Gasteiger partial charge on any atom is 0.131 e. The minimum Gasteiger partial charge on any atom is -0.207 e. The van der Waals surface area contributed by atoms with Crippen molar-refractivity contribution in [1.82, 2.24) is 0 Å². The molecule has 0 saturated heterocycles. The lowest BCUT2D eigenvalue weighted by Crippen LogP contribution is -1.79. The summed E-state index contributed by atoms with van der Waals surface area (Å²) in [6.07, 6.45) is 0. The molecule has 0 bridgehead atoms. The lowest BCUT2D eigenvalue weighted by molar-refractivity contribution is 0.627. The summed E-state index contributed by atoms with van der Waals surface area (Å²) in [5, 5.41) is 1.05. The first-order chi connectivity index (χ1) is 5.77. The SMILES string of the molecule is Fc1ccc2c(F)cccc2c1. The average molecular weight is 164 g/mol. The Kier molecular flexibility index (Phi) is 1.54. The van der Waals surface area contributed by atoms with Gasteiger partial charge in [-0.1, -0.05) is 12.1 Å². The predicted molar refractivity (Wildman–Crippen MR) is 43.9 cm³/mol. The fourth-order valence-corrected chi connectivity index (χ4v) is 1.22. The van der Waals surface area contributed by atoms with Crippen molar-refractivity contribution in [2.45, 2.75) is 0 Å². The molecule has 60 valence electrons. The van der Waals surface area contributed by atoms with E-state index in [2.05, 4.69) is 0 Å². The van der Waals surface area contributed by atoms with Crippen LogP contribution in [-0.2, 0) is 0 Å². The van der Waals surface area contributed by atoms with E-state index in [9.17, 15) is 8.78 Å². The molecule has 2 heteroatoms. The normalized spacial score (nSPS) is 10.5. The summed E-state index contributed by atoms with van der Waals surface area (Å²) in [5.41, 5.74) is 0. The van der Waals surface area contributed by atoms with Gasteiger partial charge in [-0.3, -0.25) is 0 Å². The molecule has 2 rings (SSSR count). The first-order valence-electron chi connectivity index (χ1n) is 3.61. The van der Waals surface area contributed by atoms with Gasteiger partial charge in [0, 0.05) is 5.39 Å². The third-order valence-electron chi connectivity index (χ3n) is 1.79. The number of rotatable bonds is 0. The molecule has 0 amide bonds. The van der Waals surface area contributed by atoms with E-state index >= 15 is 0 Å². The molecule has 0 aromatic heterocycles. The molecule has 0 radical (unpaired) electrons. The van der Waals surface area contributed by atoms with Gasteiger partial charge in [0.25, 0.3) is 0 Å². The zero-order valence-corrected chi connectivity index (χ0v) is 6.22. The molecule has 2 aromatic carbocycles. The molecular weight excluding hydrogens is 158 g/mol. The van der Waals surface area contributed by atoms with E-state index in [0.29, 0.717) is 10.8 Å². The van der Waals surface area contributed by atoms with Crippen molar-refractivity contribution in [3.8, 4) is 0 Å². The van der Waals surface area contributed by atoms with Crippen LogP contribution in [0.1, 0.15) is 0 Å². The van der Waals surface area contributed by atoms with Gasteiger partial charge in [-0.2, -0.15) is 0 Å². The number of hydrogen-bond donors (Lipinski definition) is 0. The van der Waals surface area contributed by atoms with Crippen LogP contribution in [0.5, 0.6) is 0 Å². The molecule has 0 N–H and O–H groups in total. The summed E-state index contributed by atoms with van der Waals surface area (Å²) in [6, 6.07) is 8.63. The molecule has 0 unspecified atom stereocenters. The molecule has 0 aliphatic heterocycles. The summed E-state index contributed by atoms with van der Waals surface area (Å²) in [5.74, 6) is -0.652. The maximum atomic E-state index is 13.0. The van der Waals surface area contributed by atoms with Crippen LogP contribution in [-0.4, -0.2) is 0 Å². The van der Waals surface area contributed by atoms with Gasteiger partial charge in [0.1, 0.15) is 11.6 Å². The van der Waals surface area contributed by atoms with Crippen LogP contribution in [0.2, 0.25) is 0 Å². The van der Waals surface area contributed by atoms with Crippen molar-refractivity contribution < 1.29 is 8.78 Å². The highest BCUT2D eigenvalue weighted by Gasteiger charge is 1.99. The second kappa shape index (κ2) is 2.55. The van der Waals surface area contributed by atoms with E-state index < -0.39 is 0 Å². The smallest absolute Gasteiger partial charge is 0.131 e. The van der Waals surface area contributed by atoms with Crippen LogP contribution in [0, 0.1) is 11.6 Å². The highest BCUT2D eigenvalue weighted by Crippen LogP contribution is 2.17. The third kappa shape index (κ3) is 1.05. The summed E-state index contributed by atoms with van der Waals surface area (Å²) < 4.78 is 25.6. The van der Waals surface area contributed by atoms with Crippen molar-refractivity contribution >= 4 is 10.8 Å². The lowest BCUT2D eigenvalue weighted by atomic mass is 10.1. The van der Waals surface area contributed by atoms with E-state index in [0.717, 1.165) is 0 Å². The number of benzene rings is 2. The average Bonchev–Trinajstić information content (AvgIpc) is 2.04. The monoisotopic (exact) mass is 164 g/mol. The number of halogens is 2. The molecule has 0 spiro atoms. The highest BCUT2D eigenvalue weighted by molar-refractivity contribution is 5.82. The van der Waals surface area contributed by atoms with Crippen molar-refractivity contribution in [2.24, 2.45) is 0 Å². The van der Waals surface area contributed by atoms with Gasteiger partial charge in [-0.15, -0.1) is 0 Å². The van der Waals surface area contributed by atoms with Gasteiger partial charge in [0.15, 0.2) is 0 Å². The molecule has 0 fully saturated rings. The molecule has 0 nitrogen and oxygen atoms in total. The molecular formula is C10H6F2. The van der Waals surface area contributed by atoms with Crippen LogP contribution < -0.4 is 0 Å². The van der Waals surface area contributed by atoms with E-state index in [-0.39, 0.29) is 11.6 Å².